The van der Waals surface area contributed by atoms with E-state index in [0.717, 1.165) is 23.3 Å². The van der Waals surface area contributed by atoms with E-state index in [2.05, 4.69) is 5.32 Å². The molecule has 152 valence electrons. The van der Waals surface area contributed by atoms with Crippen LogP contribution in [0, 0.1) is 0 Å². The molecule has 0 saturated carbocycles. The van der Waals surface area contributed by atoms with Crippen molar-refractivity contribution in [1.29, 1.82) is 0 Å². The summed E-state index contributed by atoms with van der Waals surface area (Å²) < 4.78 is 44.4. The Bertz CT molecular complexity index is 1120. The first kappa shape index (κ1) is 20.0. The van der Waals surface area contributed by atoms with Crippen molar-refractivity contribution in [2.75, 3.05) is 5.32 Å². The summed E-state index contributed by atoms with van der Waals surface area (Å²) in [4.78, 5) is 12.3. The number of rotatable bonds is 4. The summed E-state index contributed by atoms with van der Waals surface area (Å²) in [5, 5.41) is 3.15. The number of carbonyl (C=O) groups excluding carboxylic acids is 1. The fraction of sp³-hybridized carbons (Fsp3) is 0.0870. The van der Waals surface area contributed by atoms with Gasteiger partial charge in [-0.15, -0.1) is 0 Å². The van der Waals surface area contributed by atoms with E-state index in [1.807, 2.05) is 12.1 Å². The smallest absolute Gasteiger partial charge is 0.416 e. The number of nitrogens with one attached hydrogen (secondary N) is 1. The number of hydrogen-bond acceptors (Lipinski definition) is 2. The van der Waals surface area contributed by atoms with E-state index in [4.69, 9.17) is 16.3 Å². The van der Waals surface area contributed by atoms with Gasteiger partial charge in [-0.1, -0.05) is 41.9 Å². The zero-order valence-electron chi connectivity index (χ0n) is 15.5. The molecule has 0 aromatic heterocycles. The molecule has 7 heteroatoms. The van der Waals surface area contributed by atoms with E-state index in [1.165, 1.54) is 6.07 Å². The van der Waals surface area contributed by atoms with Gasteiger partial charge in [-0.3, -0.25) is 4.79 Å². The molecule has 3 aromatic rings. The van der Waals surface area contributed by atoms with Crippen molar-refractivity contribution in [2.45, 2.75) is 12.8 Å². The summed E-state index contributed by atoms with van der Waals surface area (Å²) in [6.45, 7) is 0.384. The number of hydrogen-bond donors (Lipinski definition) is 1. The van der Waals surface area contributed by atoms with E-state index < -0.39 is 17.6 Å². The molecule has 0 aliphatic carbocycles. The third-order valence-corrected chi connectivity index (χ3v) is 4.89. The SMILES string of the molecule is O=C1Nc2cc(C(F)(F)F)ccc2/C1=C\c1ccc(OCc2ccc(Cl)cc2)cc1. The summed E-state index contributed by atoms with van der Waals surface area (Å²) in [6.07, 6.45) is -2.83. The molecule has 0 bridgehead atoms. The second kappa shape index (κ2) is 7.88. The number of alkyl halides is 3. The molecule has 1 aliphatic heterocycles. The summed E-state index contributed by atoms with van der Waals surface area (Å²) >= 11 is 5.86. The summed E-state index contributed by atoms with van der Waals surface area (Å²) in [7, 11) is 0. The van der Waals surface area contributed by atoms with E-state index in [-0.39, 0.29) is 5.69 Å². The molecule has 1 amide bonds. The van der Waals surface area contributed by atoms with Crippen LogP contribution >= 0.6 is 11.6 Å². The molecule has 0 unspecified atom stereocenters. The molecular formula is C23H15ClF3NO2. The molecule has 4 rings (SSSR count). The first-order chi connectivity index (χ1) is 14.3. The van der Waals surface area contributed by atoms with Crippen molar-refractivity contribution >= 4 is 34.8 Å². The summed E-state index contributed by atoms with van der Waals surface area (Å²) in [6, 6.07) is 17.6. The van der Waals surface area contributed by atoms with Crippen LogP contribution in [-0.2, 0) is 17.6 Å². The average molecular weight is 430 g/mol. The van der Waals surface area contributed by atoms with E-state index >= 15 is 0 Å². The van der Waals surface area contributed by atoms with Crippen molar-refractivity contribution in [3.05, 3.63) is 94.0 Å². The van der Waals surface area contributed by atoms with Crippen LogP contribution in [0.15, 0.2) is 66.7 Å². The van der Waals surface area contributed by atoms with Crippen LogP contribution in [-0.4, -0.2) is 5.91 Å². The Morgan fingerprint density at radius 2 is 1.67 bits per heavy atom. The standard InChI is InChI=1S/C23H15ClF3NO2/c24-17-6-1-15(2-7-17)13-30-18-8-3-14(4-9-18)11-20-19-10-5-16(23(25,26)27)12-21(19)28-22(20)29/h1-12H,13H2,(H,28,29)/b20-11+. The van der Waals surface area contributed by atoms with Crippen LogP contribution in [0.4, 0.5) is 18.9 Å². The Morgan fingerprint density at radius 3 is 2.33 bits per heavy atom. The Hall–Kier alpha value is -3.25. The van der Waals surface area contributed by atoms with Gasteiger partial charge in [0.1, 0.15) is 12.4 Å². The maximum Gasteiger partial charge on any atom is 0.416 e. The van der Waals surface area contributed by atoms with Gasteiger partial charge >= 0.3 is 6.18 Å². The number of carbonyl (C=O) groups is 1. The average Bonchev–Trinajstić information content (AvgIpc) is 3.02. The first-order valence-corrected chi connectivity index (χ1v) is 9.39. The Labute approximate surface area is 175 Å². The van der Waals surface area contributed by atoms with Crippen LogP contribution in [0.3, 0.4) is 0 Å². The number of amides is 1. The van der Waals surface area contributed by atoms with Crippen LogP contribution in [0.2, 0.25) is 5.02 Å². The lowest BCUT2D eigenvalue weighted by atomic mass is 10.0. The van der Waals surface area contributed by atoms with Gasteiger partial charge in [-0.25, -0.2) is 0 Å². The molecular weight excluding hydrogens is 415 g/mol. The minimum absolute atomic E-state index is 0.156. The molecule has 3 aromatic carbocycles. The normalized spacial score (nSPS) is 14.5. The third-order valence-electron chi connectivity index (χ3n) is 4.64. The highest BCUT2D eigenvalue weighted by molar-refractivity contribution is 6.35. The fourth-order valence-electron chi connectivity index (χ4n) is 3.09. The van der Waals surface area contributed by atoms with Gasteiger partial charge in [0, 0.05) is 21.8 Å². The molecule has 30 heavy (non-hydrogen) atoms. The van der Waals surface area contributed by atoms with Gasteiger partial charge in [0.25, 0.3) is 5.91 Å². The number of benzene rings is 3. The lowest BCUT2D eigenvalue weighted by Gasteiger charge is -2.08. The second-order valence-corrected chi connectivity index (χ2v) is 7.19. The first-order valence-electron chi connectivity index (χ1n) is 9.01. The van der Waals surface area contributed by atoms with Crippen LogP contribution in [0.5, 0.6) is 5.75 Å². The van der Waals surface area contributed by atoms with Gasteiger partial charge in [-0.2, -0.15) is 13.2 Å². The minimum atomic E-state index is -4.46. The van der Waals surface area contributed by atoms with Gasteiger partial charge in [0.15, 0.2) is 0 Å². The zero-order valence-corrected chi connectivity index (χ0v) is 16.2. The van der Waals surface area contributed by atoms with Gasteiger partial charge in [-0.05, 0) is 53.6 Å². The maximum atomic E-state index is 12.9. The van der Waals surface area contributed by atoms with Crippen molar-refractivity contribution in [2.24, 2.45) is 0 Å². The molecule has 0 atom stereocenters. The molecule has 0 spiro atoms. The van der Waals surface area contributed by atoms with Gasteiger partial charge in [0.2, 0.25) is 0 Å². The predicted octanol–water partition coefficient (Wildman–Crippen LogP) is 6.43. The molecule has 1 N–H and O–H groups in total. The van der Waals surface area contributed by atoms with Crippen LogP contribution in [0.1, 0.15) is 22.3 Å². The second-order valence-electron chi connectivity index (χ2n) is 6.75. The van der Waals surface area contributed by atoms with Crippen molar-refractivity contribution < 1.29 is 22.7 Å². The summed E-state index contributed by atoms with van der Waals surface area (Å²) in [5.41, 5.74) is 1.81. The topological polar surface area (TPSA) is 38.3 Å². The number of ether oxygens (including phenoxy) is 1. The van der Waals surface area contributed by atoms with Gasteiger partial charge in [0.05, 0.1) is 5.56 Å². The number of anilines is 1. The Balaban J connectivity index is 1.50. The highest BCUT2D eigenvalue weighted by Gasteiger charge is 2.33. The van der Waals surface area contributed by atoms with Crippen LogP contribution in [0.25, 0.3) is 11.6 Å². The number of fused-ring (bicyclic) bond motifs is 1. The highest BCUT2D eigenvalue weighted by atomic mass is 35.5. The monoisotopic (exact) mass is 429 g/mol. The molecule has 1 heterocycles. The molecule has 0 radical (unpaired) electrons. The van der Waals surface area contributed by atoms with Crippen molar-refractivity contribution in [3.8, 4) is 5.75 Å². The van der Waals surface area contributed by atoms with Gasteiger partial charge < -0.3 is 10.1 Å². The van der Waals surface area contributed by atoms with E-state index in [1.54, 1.807) is 42.5 Å². The molecule has 0 saturated heterocycles. The number of halogens is 4. The minimum Gasteiger partial charge on any atom is -0.489 e. The molecule has 0 fully saturated rings. The zero-order chi connectivity index (χ0) is 21.3. The lowest BCUT2D eigenvalue weighted by molar-refractivity contribution is -0.137. The molecule has 1 aliphatic rings. The Morgan fingerprint density at radius 1 is 0.967 bits per heavy atom. The summed E-state index contributed by atoms with van der Waals surface area (Å²) in [5.74, 6) is 0.214. The quantitative estimate of drug-likeness (QED) is 0.485. The van der Waals surface area contributed by atoms with E-state index in [9.17, 15) is 18.0 Å². The largest absolute Gasteiger partial charge is 0.489 e. The highest BCUT2D eigenvalue weighted by Crippen LogP contribution is 2.38. The Kier molecular flexibility index (Phi) is 5.26. The van der Waals surface area contributed by atoms with E-state index in [0.29, 0.717) is 28.5 Å². The van der Waals surface area contributed by atoms with Crippen LogP contribution < -0.4 is 10.1 Å². The fourth-order valence-corrected chi connectivity index (χ4v) is 3.21. The third kappa shape index (κ3) is 4.33. The predicted molar refractivity (Wildman–Crippen MR) is 110 cm³/mol. The van der Waals surface area contributed by atoms with Crippen molar-refractivity contribution in [1.82, 2.24) is 0 Å². The van der Waals surface area contributed by atoms with Crippen molar-refractivity contribution in [3.63, 3.8) is 0 Å². The lowest BCUT2D eigenvalue weighted by Crippen LogP contribution is -2.06. The maximum absolute atomic E-state index is 12.9. The molecule has 3 nitrogen and oxygen atoms in total.